The van der Waals surface area contributed by atoms with Gasteiger partial charge in [-0.3, -0.25) is 4.79 Å². The van der Waals surface area contributed by atoms with Crippen molar-refractivity contribution in [2.24, 2.45) is 0 Å². The highest BCUT2D eigenvalue weighted by molar-refractivity contribution is 5.76. The maximum absolute atomic E-state index is 11.6. The third-order valence-corrected chi connectivity index (χ3v) is 3.84. The molecule has 2 aromatic rings. The van der Waals surface area contributed by atoms with Crippen LogP contribution in [0, 0.1) is 11.8 Å². The molecule has 1 heterocycles. The lowest BCUT2D eigenvalue weighted by Gasteiger charge is -2.27. The summed E-state index contributed by atoms with van der Waals surface area (Å²) in [6.07, 6.45) is 0.473. The summed E-state index contributed by atoms with van der Waals surface area (Å²) in [6, 6.07) is 16.3. The molecule has 0 aromatic heterocycles. The Labute approximate surface area is 131 Å². The van der Waals surface area contributed by atoms with Crippen LogP contribution in [0.1, 0.15) is 23.1 Å². The number of nitrogens with one attached hydrogen (secondary N) is 1. The topological polar surface area (TPSA) is 32.3 Å². The molecule has 0 bridgehead atoms. The van der Waals surface area contributed by atoms with Gasteiger partial charge >= 0.3 is 0 Å². The summed E-state index contributed by atoms with van der Waals surface area (Å²) in [7, 11) is 1.67. The van der Waals surface area contributed by atoms with Crippen molar-refractivity contribution in [3.8, 4) is 11.8 Å². The van der Waals surface area contributed by atoms with Crippen LogP contribution in [0.25, 0.3) is 0 Å². The van der Waals surface area contributed by atoms with Gasteiger partial charge in [0.2, 0.25) is 5.91 Å². The lowest BCUT2D eigenvalue weighted by Crippen LogP contribution is -2.30. The van der Waals surface area contributed by atoms with Crippen molar-refractivity contribution < 1.29 is 4.79 Å². The summed E-state index contributed by atoms with van der Waals surface area (Å²) >= 11 is 0. The quantitative estimate of drug-likeness (QED) is 0.881. The number of amides is 1. The molecular formula is C19H18N2O. The second-order valence-electron chi connectivity index (χ2n) is 5.27. The van der Waals surface area contributed by atoms with Gasteiger partial charge in [0, 0.05) is 37.7 Å². The summed E-state index contributed by atoms with van der Waals surface area (Å²) < 4.78 is 0. The van der Waals surface area contributed by atoms with E-state index in [2.05, 4.69) is 34.2 Å². The summed E-state index contributed by atoms with van der Waals surface area (Å²) in [6.45, 7) is 1.44. The Kier molecular flexibility index (Phi) is 4.11. The average Bonchev–Trinajstić information content (AvgIpc) is 2.55. The van der Waals surface area contributed by atoms with Gasteiger partial charge in [-0.1, -0.05) is 42.2 Å². The molecule has 1 aliphatic rings. The number of para-hydroxylation sites is 1. The average molecular weight is 290 g/mol. The van der Waals surface area contributed by atoms with Crippen LogP contribution in [-0.4, -0.2) is 19.5 Å². The van der Waals surface area contributed by atoms with Gasteiger partial charge < -0.3 is 10.2 Å². The second-order valence-corrected chi connectivity index (χ2v) is 5.27. The van der Waals surface area contributed by atoms with Crippen LogP contribution >= 0.6 is 0 Å². The summed E-state index contributed by atoms with van der Waals surface area (Å²) in [5.41, 5.74) is 4.35. The van der Waals surface area contributed by atoms with Gasteiger partial charge in [0.25, 0.3) is 0 Å². The monoisotopic (exact) mass is 290 g/mol. The van der Waals surface area contributed by atoms with Crippen molar-refractivity contribution in [3.05, 3.63) is 65.2 Å². The first-order valence-electron chi connectivity index (χ1n) is 7.42. The third-order valence-electron chi connectivity index (χ3n) is 3.84. The zero-order chi connectivity index (χ0) is 15.4. The third kappa shape index (κ3) is 2.96. The molecule has 0 saturated heterocycles. The molecular weight excluding hydrogens is 272 g/mol. The van der Waals surface area contributed by atoms with E-state index in [1.807, 2.05) is 36.4 Å². The number of hydrogen-bond donors (Lipinski definition) is 1. The fraction of sp³-hybridized carbons (Fsp3) is 0.211. The minimum atomic E-state index is 0.0545. The molecule has 0 saturated carbocycles. The number of carbonyl (C=O) groups is 1. The standard InChI is InChI=1S/C19H18N2O/c1-20-19(22)12-13-21-14-17-8-3-2-6-15(17)10-11-16-7-4-5-9-18(16)21/h2-9H,12-14H2,1H3,(H,20,22). The van der Waals surface area contributed by atoms with Gasteiger partial charge in [-0.05, 0) is 23.8 Å². The van der Waals surface area contributed by atoms with Crippen LogP contribution in [-0.2, 0) is 11.3 Å². The molecule has 0 atom stereocenters. The number of anilines is 1. The number of rotatable bonds is 3. The van der Waals surface area contributed by atoms with Crippen molar-refractivity contribution >= 4 is 11.6 Å². The van der Waals surface area contributed by atoms with Crippen LogP contribution in [0.15, 0.2) is 48.5 Å². The Bertz CT molecular complexity index is 755. The van der Waals surface area contributed by atoms with E-state index in [0.717, 1.165) is 23.4 Å². The lowest BCUT2D eigenvalue weighted by molar-refractivity contribution is -0.120. The van der Waals surface area contributed by atoms with Crippen molar-refractivity contribution in [2.75, 3.05) is 18.5 Å². The first kappa shape index (κ1) is 14.2. The summed E-state index contributed by atoms with van der Waals surface area (Å²) in [5, 5.41) is 2.68. The maximum atomic E-state index is 11.6. The van der Waals surface area contributed by atoms with Crippen molar-refractivity contribution in [2.45, 2.75) is 13.0 Å². The number of benzene rings is 2. The molecule has 0 fully saturated rings. The van der Waals surface area contributed by atoms with Crippen molar-refractivity contribution in [1.82, 2.24) is 5.32 Å². The van der Waals surface area contributed by atoms with Crippen LogP contribution in [0.3, 0.4) is 0 Å². The zero-order valence-corrected chi connectivity index (χ0v) is 12.6. The van der Waals surface area contributed by atoms with E-state index >= 15 is 0 Å². The van der Waals surface area contributed by atoms with Crippen LogP contribution in [0.5, 0.6) is 0 Å². The van der Waals surface area contributed by atoms with Crippen LogP contribution in [0.2, 0.25) is 0 Å². The second kappa shape index (κ2) is 6.36. The molecule has 22 heavy (non-hydrogen) atoms. The highest BCUT2D eigenvalue weighted by atomic mass is 16.1. The highest BCUT2D eigenvalue weighted by Gasteiger charge is 2.15. The maximum Gasteiger partial charge on any atom is 0.221 e. The van der Waals surface area contributed by atoms with E-state index in [0.29, 0.717) is 13.0 Å². The Morgan fingerprint density at radius 3 is 2.59 bits per heavy atom. The Morgan fingerprint density at radius 1 is 1.09 bits per heavy atom. The zero-order valence-electron chi connectivity index (χ0n) is 12.6. The van der Waals surface area contributed by atoms with Gasteiger partial charge in [-0.2, -0.15) is 0 Å². The first-order chi connectivity index (χ1) is 10.8. The van der Waals surface area contributed by atoms with Crippen molar-refractivity contribution in [1.29, 1.82) is 0 Å². The molecule has 3 nitrogen and oxygen atoms in total. The minimum absolute atomic E-state index is 0.0545. The molecule has 110 valence electrons. The Morgan fingerprint density at radius 2 is 1.77 bits per heavy atom. The predicted octanol–water partition coefficient (Wildman–Crippen LogP) is 2.54. The van der Waals surface area contributed by atoms with E-state index in [9.17, 15) is 4.79 Å². The molecule has 0 spiro atoms. The lowest BCUT2D eigenvalue weighted by atomic mass is 10.0. The van der Waals surface area contributed by atoms with Gasteiger partial charge in [0.05, 0.1) is 5.69 Å². The molecule has 1 N–H and O–H groups in total. The van der Waals surface area contributed by atoms with Crippen molar-refractivity contribution in [3.63, 3.8) is 0 Å². The molecule has 2 aromatic carbocycles. The number of nitrogens with zero attached hydrogens (tertiary/aromatic N) is 1. The number of hydrogen-bond acceptors (Lipinski definition) is 2. The Hall–Kier alpha value is -2.73. The predicted molar refractivity (Wildman–Crippen MR) is 88.6 cm³/mol. The van der Waals surface area contributed by atoms with Crippen LogP contribution < -0.4 is 10.2 Å². The van der Waals surface area contributed by atoms with Gasteiger partial charge in [0.1, 0.15) is 0 Å². The Balaban J connectivity index is 1.99. The van der Waals surface area contributed by atoms with E-state index in [1.165, 1.54) is 5.56 Å². The molecule has 0 aliphatic carbocycles. The number of carbonyl (C=O) groups excluding carboxylic acids is 1. The molecule has 1 amide bonds. The number of fused-ring (bicyclic) bond motifs is 2. The molecule has 0 unspecified atom stereocenters. The van der Waals surface area contributed by atoms with Gasteiger partial charge in [-0.25, -0.2) is 0 Å². The summed E-state index contributed by atoms with van der Waals surface area (Å²) in [4.78, 5) is 13.8. The fourth-order valence-electron chi connectivity index (χ4n) is 2.62. The molecule has 3 heteroatoms. The van der Waals surface area contributed by atoms with Gasteiger partial charge in [0.15, 0.2) is 0 Å². The molecule has 3 rings (SSSR count). The van der Waals surface area contributed by atoms with E-state index in [1.54, 1.807) is 7.05 Å². The first-order valence-corrected chi connectivity index (χ1v) is 7.42. The highest BCUT2D eigenvalue weighted by Crippen LogP contribution is 2.25. The van der Waals surface area contributed by atoms with E-state index < -0.39 is 0 Å². The smallest absolute Gasteiger partial charge is 0.221 e. The molecule has 1 aliphatic heterocycles. The minimum Gasteiger partial charge on any atom is -0.366 e. The normalized spacial score (nSPS) is 12.1. The van der Waals surface area contributed by atoms with E-state index in [-0.39, 0.29) is 5.91 Å². The molecule has 0 radical (unpaired) electrons. The summed E-state index contributed by atoms with van der Waals surface area (Å²) in [5.74, 6) is 6.58. The van der Waals surface area contributed by atoms with Crippen LogP contribution in [0.4, 0.5) is 5.69 Å². The largest absolute Gasteiger partial charge is 0.366 e. The van der Waals surface area contributed by atoms with E-state index in [4.69, 9.17) is 0 Å². The van der Waals surface area contributed by atoms with Gasteiger partial charge in [-0.15, -0.1) is 0 Å². The SMILES string of the molecule is CNC(=O)CCN1Cc2ccccc2C#Cc2ccccc21. The fourth-order valence-corrected chi connectivity index (χ4v) is 2.62.